The number of rotatable bonds is 10. The Morgan fingerprint density at radius 2 is 1.76 bits per heavy atom. The van der Waals surface area contributed by atoms with Crippen molar-refractivity contribution in [3.8, 4) is 5.75 Å². The molecule has 4 N–H and O–H groups in total. The molecule has 5 rings (SSSR count). The Kier molecular flexibility index (Phi) is 10.7. The van der Waals surface area contributed by atoms with E-state index in [0.717, 1.165) is 41.0 Å². The van der Waals surface area contributed by atoms with Crippen LogP contribution in [0.15, 0.2) is 91.0 Å². The number of ether oxygens (including phenoxy) is 1. The number of anilines is 1. The highest BCUT2D eigenvalue weighted by atomic mass is 35.5. The van der Waals surface area contributed by atoms with Gasteiger partial charge in [-0.2, -0.15) is 0 Å². The summed E-state index contributed by atoms with van der Waals surface area (Å²) in [5.41, 5.74) is 9.16. The second-order valence-electron chi connectivity index (χ2n) is 12.0. The molecular formula is C35H38ClN4O5S+. The first-order valence-electron chi connectivity index (χ1n) is 15.1. The van der Waals surface area contributed by atoms with Crippen molar-refractivity contribution in [2.24, 2.45) is 5.73 Å². The van der Waals surface area contributed by atoms with Gasteiger partial charge in [-0.1, -0.05) is 66.2 Å². The molecule has 1 aliphatic rings. The number of benzene rings is 3. The Morgan fingerprint density at radius 3 is 2.50 bits per heavy atom. The molecule has 2 heterocycles. The molecule has 0 spiro atoms. The molecule has 1 unspecified atom stereocenters. The Hall–Kier alpha value is -4.22. The van der Waals surface area contributed by atoms with Gasteiger partial charge in [0.2, 0.25) is 5.91 Å². The smallest absolute Gasteiger partial charge is 0.348 e. The molecule has 0 aliphatic carbocycles. The number of likely N-dealkylation sites (N-methyl/N-ethyl adjacent to an activating group) is 1. The number of carbonyl (C=O) groups excluding carboxylic acids is 3. The van der Waals surface area contributed by atoms with Crippen molar-refractivity contribution in [3.05, 3.63) is 118 Å². The fourth-order valence-corrected chi connectivity index (χ4v) is 6.91. The molecule has 1 fully saturated rings. The van der Waals surface area contributed by atoms with Crippen LogP contribution >= 0.6 is 22.9 Å². The van der Waals surface area contributed by atoms with Gasteiger partial charge in [-0.15, -0.1) is 11.3 Å². The molecule has 0 radical (unpaired) electrons. The minimum atomic E-state index is -0.990. The van der Waals surface area contributed by atoms with Gasteiger partial charge < -0.3 is 20.1 Å². The average Bonchev–Trinajstić information content (AvgIpc) is 3.50. The van der Waals surface area contributed by atoms with E-state index in [9.17, 15) is 19.5 Å². The number of urea groups is 1. The molecule has 3 atom stereocenters. The van der Waals surface area contributed by atoms with Crippen molar-refractivity contribution in [2.75, 3.05) is 25.5 Å². The molecule has 11 heteroatoms. The quantitative estimate of drug-likeness (QED) is 0.137. The third-order valence-corrected chi connectivity index (χ3v) is 9.34. The van der Waals surface area contributed by atoms with Gasteiger partial charge in [-0.3, -0.25) is 15.0 Å². The molecule has 1 saturated heterocycles. The van der Waals surface area contributed by atoms with Crippen molar-refractivity contribution in [2.45, 2.75) is 44.5 Å². The van der Waals surface area contributed by atoms with Gasteiger partial charge in [-0.25, -0.2) is 9.59 Å². The van der Waals surface area contributed by atoms with Crippen molar-refractivity contribution in [3.63, 3.8) is 0 Å². The highest BCUT2D eigenvalue weighted by molar-refractivity contribution is 7.18. The number of imide groups is 1. The summed E-state index contributed by atoms with van der Waals surface area (Å²) < 4.78 is 6.06. The van der Waals surface area contributed by atoms with Gasteiger partial charge in [0.15, 0.2) is 0 Å². The van der Waals surface area contributed by atoms with Crippen LogP contribution in [0, 0.1) is 0 Å². The zero-order valence-corrected chi connectivity index (χ0v) is 27.2. The fourth-order valence-electron chi connectivity index (χ4n) is 5.90. The van der Waals surface area contributed by atoms with Gasteiger partial charge in [0, 0.05) is 10.6 Å². The zero-order valence-electron chi connectivity index (χ0n) is 25.6. The fraction of sp³-hybridized carbons (Fsp3) is 0.286. The lowest BCUT2D eigenvalue weighted by atomic mass is 9.98. The number of esters is 1. The van der Waals surface area contributed by atoms with Crippen molar-refractivity contribution in [1.29, 1.82) is 0 Å². The number of likely N-dealkylation sites (tertiary alicyclic amines) is 1. The summed E-state index contributed by atoms with van der Waals surface area (Å²) in [6.45, 7) is 2.25. The van der Waals surface area contributed by atoms with Crippen LogP contribution < -0.4 is 11.1 Å². The predicted molar refractivity (Wildman–Crippen MR) is 180 cm³/mol. The SMILES string of the molecule is C[N+]1(Cc2cccc(Cl)c2)CCC[C@H](N(C(=O)Nc2ccc(C(=O)OCc3ccccc3)s2)C(=O)[C@@H](N)Cc2ccc(O)cc2)C1. The standard InChI is InChI=1S/C35H37ClN4O5S/c1-40(21-26-9-5-10-27(36)19-26)18-6-11-28(22-40)39(33(42)30(37)20-24-12-14-29(41)15-13-24)35(44)38-32-17-16-31(46-32)34(43)45-23-25-7-3-2-4-8-25/h2-5,7-10,12-17,19,28,30H,6,11,18,20-23,37H2,1H3,(H-,38,41,43,44)/p+1/t28-,30-,40?/m0/s1. The zero-order chi connectivity index (χ0) is 32.7. The molecular weight excluding hydrogens is 624 g/mol. The van der Waals surface area contributed by atoms with Crippen LogP contribution in [0.4, 0.5) is 9.80 Å². The van der Waals surface area contributed by atoms with Crippen LogP contribution in [0.3, 0.4) is 0 Å². The number of quaternary nitrogens is 1. The molecule has 0 saturated carbocycles. The van der Waals surface area contributed by atoms with Crippen molar-refractivity contribution in [1.82, 2.24) is 4.90 Å². The highest BCUT2D eigenvalue weighted by Crippen LogP contribution is 2.28. The maximum atomic E-state index is 14.0. The lowest BCUT2D eigenvalue weighted by Crippen LogP contribution is -2.62. The maximum Gasteiger partial charge on any atom is 0.348 e. The van der Waals surface area contributed by atoms with E-state index in [0.29, 0.717) is 38.9 Å². The van der Waals surface area contributed by atoms with E-state index in [1.54, 1.807) is 24.3 Å². The number of nitrogens with zero attached hydrogens (tertiary/aromatic N) is 2. The molecule has 0 bridgehead atoms. The number of halogens is 1. The van der Waals surface area contributed by atoms with E-state index in [4.69, 9.17) is 22.1 Å². The third kappa shape index (κ3) is 8.73. The number of thiophene rings is 1. The summed E-state index contributed by atoms with van der Waals surface area (Å²) in [5, 5.41) is 13.6. The first-order chi connectivity index (χ1) is 22.1. The molecule has 46 heavy (non-hydrogen) atoms. The minimum absolute atomic E-state index is 0.114. The Bertz CT molecular complexity index is 1660. The Morgan fingerprint density at radius 1 is 1.02 bits per heavy atom. The number of amides is 3. The number of phenolic OH excluding ortho intramolecular Hbond substituents is 1. The molecule has 1 aliphatic heterocycles. The van der Waals surface area contributed by atoms with Crippen LogP contribution in [0.1, 0.15) is 39.2 Å². The van der Waals surface area contributed by atoms with E-state index < -0.39 is 30.0 Å². The first-order valence-corrected chi connectivity index (χ1v) is 16.3. The summed E-state index contributed by atoms with van der Waals surface area (Å²) in [6.07, 6.45) is 1.64. The summed E-state index contributed by atoms with van der Waals surface area (Å²) in [5.74, 6) is -0.881. The lowest BCUT2D eigenvalue weighted by Gasteiger charge is -2.44. The molecule has 1 aromatic heterocycles. The van der Waals surface area contributed by atoms with Crippen molar-refractivity contribution >= 4 is 45.8 Å². The number of hydrogen-bond donors (Lipinski definition) is 3. The van der Waals surface area contributed by atoms with Crippen LogP contribution in [0.2, 0.25) is 5.02 Å². The average molecular weight is 662 g/mol. The van der Waals surface area contributed by atoms with Crippen LogP contribution in [0.5, 0.6) is 5.75 Å². The third-order valence-electron chi connectivity index (χ3n) is 8.12. The molecule has 3 aromatic carbocycles. The summed E-state index contributed by atoms with van der Waals surface area (Å²) >= 11 is 7.34. The monoisotopic (exact) mass is 661 g/mol. The van der Waals surface area contributed by atoms with Crippen LogP contribution in [-0.4, -0.2) is 64.6 Å². The van der Waals surface area contributed by atoms with Gasteiger partial charge in [-0.05, 0) is 66.8 Å². The number of piperidine rings is 1. The number of nitrogens with one attached hydrogen (secondary N) is 1. The molecule has 240 valence electrons. The Labute approximate surface area is 277 Å². The van der Waals surface area contributed by atoms with E-state index in [-0.39, 0.29) is 18.8 Å². The van der Waals surface area contributed by atoms with Gasteiger partial charge in [0.1, 0.15) is 30.3 Å². The van der Waals surface area contributed by atoms with E-state index >= 15 is 0 Å². The topological polar surface area (TPSA) is 122 Å². The van der Waals surface area contributed by atoms with E-state index in [1.807, 2.05) is 54.6 Å². The largest absolute Gasteiger partial charge is 0.508 e. The van der Waals surface area contributed by atoms with Crippen LogP contribution in [0.25, 0.3) is 0 Å². The normalized spacial score (nSPS) is 18.4. The summed E-state index contributed by atoms with van der Waals surface area (Å²) in [4.78, 5) is 42.2. The Balaban J connectivity index is 1.33. The molecule has 4 aromatic rings. The lowest BCUT2D eigenvalue weighted by molar-refractivity contribution is -0.928. The molecule has 9 nitrogen and oxygen atoms in total. The second kappa shape index (κ2) is 14.9. The number of nitrogens with two attached hydrogens (primary N) is 1. The maximum absolute atomic E-state index is 14.0. The van der Waals surface area contributed by atoms with Gasteiger partial charge >= 0.3 is 12.0 Å². The summed E-state index contributed by atoms with van der Waals surface area (Å²) in [7, 11) is 2.12. The van der Waals surface area contributed by atoms with Crippen molar-refractivity contribution < 1.29 is 28.7 Å². The highest BCUT2D eigenvalue weighted by Gasteiger charge is 2.41. The minimum Gasteiger partial charge on any atom is -0.508 e. The van der Waals surface area contributed by atoms with E-state index in [1.165, 1.54) is 17.0 Å². The number of aromatic hydroxyl groups is 1. The van der Waals surface area contributed by atoms with Gasteiger partial charge in [0.05, 0.1) is 30.7 Å². The van der Waals surface area contributed by atoms with Gasteiger partial charge in [0.25, 0.3) is 0 Å². The predicted octanol–water partition coefficient (Wildman–Crippen LogP) is 6.20. The van der Waals surface area contributed by atoms with Crippen LogP contribution in [-0.2, 0) is 29.1 Å². The number of phenols is 1. The summed E-state index contributed by atoms with van der Waals surface area (Å²) in [6, 6.07) is 24.8. The first kappa shape index (κ1) is 33.2. The second-order valence-corrected chi connectivity index (χ2v) is 13.5. The molecule has 3 amide bonds. The number of carbonyl (C=O) groups is 3. The number of hydrogen-bond acceptors (Lipinski definition) is 7. The van der Waals surface area contributed by atoms with E-state index in [2.05, 4.69) is 12.4 Å².